The summed E-state index contributed by atoms with van der Waals surface area (Å²) in [7, 11) is 1.64. The predicted octanol–water partition coefficient (Wildman–Crippen LogP) is 2.64. The molecule has 32 heavy (non-hydrogen) atoms. The smallest absolute Gasteiger partial charge is 0.341 e. The fraction of sp³-hybridized carbons (Fsp3) is 0.500. The van der Waals surface area contributed by atoms with Gasteiger partial charge in [0, 0.05) is 48.4 Å². The van der Waals surface area contributed by atoms with Crippen molar-refractivity contribution in [3.63, 3.8) is 0 Å². The van der Waals surface area contributed by atoms with Gasteiger partial charge in [0.25, 0.3) is 0 Å². The highest BCUT2D eigenvalue weighted by Crippen LogP contribution is 2.44. The molecule has 2 aromatic rings. The lowest BCUT2D eigenvalue weighted by atomic mass is 9.77. The number of carboxylic acids is 1. The van der Waals surface area contributed by atoms with Crippen molar-refractivity contribution in [1.29, 1.82) is 0 Å². The molecule has 1 aromatic carbocycles. The number of carboxylic acid groups (broad SMARTS) is 1. The first-order chi connectivity index (χ1) is 15.2. The monoisotopic (exact) mass is 443 g/mol. The summed E-state index contributed by atoms with van der Waals surface area (Å²) >= 11 is 0. The Morgan fingerprint density at radius 1 is 1.31 bits per heavy atom. The summed E-state index contributed by atoms with van der Waals surface area (Å²) in [6, 6.07) is 5.01. The zero-order valence-corrected chi connectivity index (χ0v) is 18.6. The molecule has 0 saturated carbocycles. The van der Waals surface area contributed by atoms with E-state index in [1.807, 2.05) is 16.7 Å². The van der Waals surface area contributed by atoms with Crippen LogP contribution in [0.4, 0.5) is 0 Å². The van der Waals surface area contributed by atoms with Crippen molar-refractivity contribution in [2.45, 2.75) is 45.4 Å². The van der Waals surface area contributed by atoms with Gasteiger partial charge in [0.1, 0.15) is 17.4 Å². The summed E-state index contributed by atoms with van der Waals surface area (Å²) in [5.74, 6) is -0.638. The topological polar surface area (TPSA) is 107 Å². The Bertz CT molecular complexity index is 1080. The van der Waals surface area contributed by atoms with E-state index in [1.165, 1.54) is 12.3 Å². The van der Waals surface area contributed by atoms with E-state index in [4.69, 9.17) is 14.2 Å². The molecule has 8 heteroatoms. The Hall–Kier alpha value is -2.68. The quantitative estimate of drug-likeness (QED) is 0.677. The molecule has 172 valence electrons. The van der Waals surface area contributed by atoms with Gasteiger partial charge in [-0.1, -0.05) is 13.8 Å². The molecule has 2 aliphatic heterocycles. The molecule has 0 bridgehead atoms. The van der Waals surface area contributed by atoms with Crippen LogP contribution in [0.5, 0.6) is 5.75 Å². The maximum absolute atomic E-state index is 12.6. The van der Waals surface area contributed by atoms with E-state index in [0.717, 1.165) is 17.5 Å². The number of aromatic nitrogens is 1. The highest BCUT2D eigenvalue weighted by Gasteiger charge is 2.37. The lowest BCUT2D eigenvalue weighted by molar-refractivity contribution is 0.0615. The SMILES string of the molecule is COCC(C)(C)[C@@H]1Cc2cc(O[C@@H]3CCOC3)c(CO)cc2-c2cc(=O)c(C(=O)O)cn21. The minimum atomic E-state index is -1.25. The third-order valence-corrected chi connectivity index (χ3v) is 6.39. The lowest BCUT2D eigenvalue weighted by Gasteiger charge is -2.41. The molecule has 0 spiro atoms. The number of fused-ring (bicyclic) bond motifs is 3. The van der Waals surface area contributed by atoms with Crippen LogP contribution in [-0.4, -0.2) is 53.8 Å². The minimum Gasteiger partial charge on any atom is -0.488 e. The third-order valence-electron chi connectivity index (χ3n) is 6.39. The Morgan fingerprint density at radius 2 is 2.09 bits per heavy atom. The Morgan fingerprint density at radius 3 is 2.72 bits per heavy atom. The van der Waals surface area contributed by atoms with Crippen LogP contribution in [0.3, 0.4) is 0 Å². The molecule has 2 atom stereocenters. The van der Waals surface area contributed by atoms with Crippen molar-refractivity contribution in [3.8, 4) is 17.0 Å². The summed E-state index contributed by atoms with van der Waals surface area (Å²) in [5.41, 5.74) is 1.86. The van der Waals surface area contributed by atoms with Gasteiger partial charge < -0.3 is 29.0 Å². The molecule has 2 aliphatic rings. The van der Waals surface area contributed by atoms with Crippen LogP contribution >= 0.6 is 0 Å². The van der Waals surface area contributed by atoms with Crippen LogP contribution in [-0.2, 0) is 22.5 Å². The highest BCUT2D eigenvalue weighted by atomic mass is 16.5. The molecule has 0 unspecified atom stereocenters. The van der Waals surface area contributed by atoms with E-state index < -0.39 is 11.4 Å². The van der Waals surface area contributed by atoms with Gasteiger partial charge in [-0.3, -0.25) is 4.79 Å². The summed E-state index contributed by atoms with van der Waals surface area (Å²) < 4.78 is 18.9. The Labute approximate surface area is 186 Å². The molecule has 0 aliphatic carbocycles. The van der Waals surface area contributed by atoms with Crippen LogP contribution in [0, 0.1) is 5.41 Å². The molecule has 2 N–H and O–H groups in total. The van der Waals surface area contributed by atoms with Crippen LogP contribution in [0.1, 0.15) is 47.8 Å². The van der Waals surface area contributed by atoms with Gasteiger partial charge in [0.05, 0.1) is 32.1 Å². The van der Waals surface area contributed by atoms with E-state index in [9.17, 15) is 19.8 Å². The zero-order chi connectivity index (χ0) is 23.0. The molecule has 0 amide bonds. The molecule has 3 heterocycles. The van der Waals surface area contributed by atoms with Crippen molar-refractivity contribution >= 4 is 5.97 Å². The number of carbonyl (C=O) groups is 1. The number of benzene rings is 1. The molecular formula is C24H29NO7. The van der Waals surface area contributed by atoms with Gasteiger partial charge >= 0.3 is 5.97 Å². The van der Waals surface area contributed by atoms with Gasteiger partial charge in [-0.05, 0) is 24.1 Å². The van der Waals surface area contributed by atoms with Gasteiger partial charge in [0.2, 0.25) is 0 Å². The number of pyridine rings is 1. The second kappa shape index (κ2) is 8.69. The van der Waals surface area contributed by atoms with Gasteiger partial charge in [-0.15, -0.1) is 0 Å². The standard InChI is InChI=1S/C24H29NO7/c1-24(2,13-30-3)22-8-14-7-21(32-16-4-5-31-12-16)15(11-26)6-17(14)19-9-20(27)18(23(28)29)10-25(19)22/h6-7,9-10,16,22,26H,4-5,8,11-13H2,1-3H3,(H,28,29)/t16-,22+/m1/s1. The second-order valence-electron chi connectivity index (χ2n) is 9.17. The number of aliphatic hydroxyl groups excluding tert-OH is 1. The molecule has 4 rings (SSSR count). The first-order valence-electron chi connectivity index (χ1n) is 10.7. The summed E-state index contributed by atoms with van der Waals surface area (Å²) in [6.45, 7) is 5.53. The molecule has 1 fully saturated rings. The highest BCUT2D eigenvalue weighted by molar-refractivity contribution is 5.87. The summed E-state index contributed by atoms with van der Waals surface area (Å²) in [6.07, 6.45) is 2.77. The maximum Gasteiger partial charge on any atom is 0.341 e. The number of methoxy groups -OCH3 is 1. The molecular weight excluding hydrogens is 414 g/mol. The van der Waals surface area contributed by atoms with Crippen molar-refractivity contribution < 1.29 is 29.2 Å². The summed E-state index contributed by atoms with van der Waals surface area (Å²) in [5, 5.41) is 19.5. The molecule has 0 radical (unpaired) electrons. The van der Waals surface area contributed by atoms with Crippen molar-refractivity contribution in [2.24, 2.45) is 5.41 Å². The molecule has 1 aromatic heterocycles. The van der Waals surface area contributed by atoms with E-state index in [2.05, 4.69) is 13.8 Å². The van der Waals surface area contributed by atoms with Crippen molar-refractivity contribution in [1.82, 2.24) is 4.57 Å². The summed E-state index contributed by atoms with van der Waals surface area (Å²) in [4.78, 5) is 24.2. The van der Waals surface area contributed by atoms with Gasteiger partial charge in [0.15, 0.2) is 5.43 Å². The van der Waals surface area contributed by atoms with Crippen LogP contribution < -0.4 is 10.2 Å². The fourth-order valence-electron chi connectivity index (χ4n) is 4.70. The predicted molar refractivity (Wildman–Crippen MR) is 117 cm³/mol. The number of aliphatic hydroxyl groups is 1. The fourth-order valence-corrected chi connectivity index (χ4v) is 4.70. The number of aromatic carboxylic acids is 1. The Balaban J connectivity index is 1.88. The Kier molecular flexibility index (Phi) is 6.11. The number of nitrogens with zero attached hydrogens (tertiary/aromatic N) is 1. The molecule has 8 nitrogen and oxygen atoms in total. The average molecular weight is 443 g/mol. The van der Waals surface area contributed by atoms with E-state index in [-0.39, 0.29) is 29.7 Å². The van der Waals surface area contributed by atoms with Gasteiger partial charge in [-0.25, -0.2) is 4.79 Å². The zero-order valence-electron chi connectivity index (χ0n) is 18.6. The number of hydrogen-bond donors (Lipinski definition) is 2. The minimum absolute atomic E-state index is 0.0595. The average Bonchev–Trinajstić information content (AvgIpc) is 3.25. The van der Waals surface area contributed by atoms with Crippen LogP contribution in [0.15, 0.2) is 29.2 Å². The largest absolute Gasteiger partial charge is 0.488 e. The number of ether oxygens (including phenoxy) is 3. The first kappa shape index (κ1) is 22.5. The van der Waals surface area contributed by atoms with E-state index >= 15 is 0 Å². The van der Waals surface area contributed by atoms with Crippen LogP contribution in [0.2, 0.25) is 0 Å². The van der Waals surface area contributed by atoms with E-state index in [0.29, 0.717) is 43.2 Å². The lowest BCUT2D eigenvalue weighted by Crippen LogP contribution is -2.37. The van der Waals surface area contributed by atoms with E-state index in [1.54, 1.807) is 7.11 Å². The van der Waals surface area contributed by atoms with Crippen molar-refractivity contribution in [3.05, 3.63) is 51.3 Å². The number of hydrogen-bond acceptors (Lipinski definition) is 6. The molecule has 1 saturated heterocycles. The third kappa shape index (κ3) is 4.05. The maximum atomic E-state index is 12.6. The van der Waals surface area contributed by atoms with Crippen LogP contribution in [0.25, 0.3) is 11.3 Å². The normalized spacial score (nSPS) is 20.0. The first-order valence-corrected chi connectivity index (χ1v) is 10.7. The van der Waals surface area contributed by atoms with Crippen molar-refractivity contribution in [2.75, 3.05) is 26.9 Å². The van der Waals surface area contributed by atoms with Gasteiger partial charge in [-0.2, -0.15) is 0 Å². The number of rotatable bonds is 7. The second-order valence-corrected chi connectivity index (χ2v) is 9.17.